The second-order valence-electron chi connectivity index (χ2n) is 5.25. The molecule has 2 aromatic heterocycles. The number of nitrogens with zero attached hydrogens (tertiary/aromatic N) is 3. The number of benzene rings is 1. The fourth-order valence-corrected chi connectivity index (χ4v) is 3.88. The molecular weight excluding hydrogens is 352 g/mol. The Balaban J connectivity index is 1.80. The third-order valence-electron chi connectivity index (χ3n) is 3.41. The van der Waals surface area contributed by atoms with E-state index in [-0.39, 0.29) is 16.5 Å². The Morgan fingerprint density at radius 2 is 2.00 bits per heavy atom. The minimum atomic E-state index is -3.81. The maximum atomic E-state index is 12.4. The van der Waals surface area contributed by atoms with Crippen molar-refractivity contribution in [2.45, 2.75) is 25.3 Å². The fraction of sp³-hybridized carbons (Fsp3) is 0.200. The number of hydrogen-bond donors (Lipinski definition) is 1. The smallest absolute Gasteiger partial charge is 0.268 e. The molecule has 1 aromatic carbocycles. The summed E-state index contributed by atoms with van der Waals surface area (Å²) >= 11 is 6.12. The van der Waals surface area contributed by atoms with E-state index in [0.717, 1.165) is 5.56 Å². The number of hydrogen-bond acceptors (Lipinski definition) is 5. The van der Waals surface area contributed by atoms with Crippen LogP contribution in [0.4, 0.5) is 5.82 Å². The molecular formula is C15H15ClN4O3S. The summed E-state index contributed by atoms with van der Waals surface area (Å²) in [5, 5.41) is 8.51. The molecule has 2 heterocycles. The average molecular weight is 367 g/mol. The van der Waals surface area contributed by atoms with Crippen molar-refractivity contribution >= 4 is 27.4 Å². The van der Waals surface area contributed by atoms with Gasteiger partial charge in [-0.3, -0.25) is 9.40 Å². The third kappa shape index (κ3) is 3.29. The molecule has 0 aliphatic rings. The SMILES string of the molecule is Cc1noc(C)c1S(=O)(=O)Nc1ccn(Cc2ccccc2Cl)n1. The molecule has 0 aliphatic heterocycles. The summed E-state index contributed by atoms with van der Waals surface area (Å²) in [5.41, 5.74) is 1.19. The molecule has 24 heavy (non-hydrogen) atoms. The van der Waals surface area contributed by atoms with Gasteiger partial charge in [0.15, 0.2) is 16.5 Å². The summed E-state index contributed by atoms with van der Waals surface area (Å²) in [6, 6.07) is 8.98. The summed E-state index contributed by atoms with van der Waals surface area (Å²) in [4.78, 5) is 0.0307. The van der Waals surface area contributed by atoms with Gasteiger partial charge < -0.3 is 4.52 Å². The highest BCUT2D eigenvalue weighted by Crippen LogP contribution is 2.22. The Hall–Kier alpha value is -2.32. The predicted molar refractivity (Wildman–Crippen MR) is 89.6 cm³/mol. The van der Waals surface area contributed by atoms with Gasteiger partial charge in [-0.05, 0) is 25.5 Å². The van der Waals surface area contributed by atoms with Crippen molar-refractivity contribution in [2.24, 2.45) is 0 Å². The lowest BCUT2D eigenvalue weighted by atomic mass is 10.2. The van der Waals surface area contributed by atoms with Gasteiger partial charge in [-0.25, -0.2) is 8.42 Å². The van der Waals surface area contributed by atoms with Gasteiger partial charge >= 0.3 is 0 Å². The minimum Gasteiger partial charge on any atom is -0.360 e. The van der Waals surface area contributed by atoms with Crippen LogP contribution in [0.15, 0.2) is 45.9 Å². The quantitative estimate of drug-likeness (QED) is 0.749. The molecule has 0 radical (unpaired) electrons. The molecule has 3 rings (SSSR count). The fourth-order valence-electron chi connectivity index (χ4n) is 2.35. The standard InChI is InChI=1S/C15H15ClN4O3S/c1-10-15(11(2)23-18-10)24(21,22)19-14-7-8-20(17-14)9-12-5-3-4-6-13(12)16/h3-8H,9H2,1-2H3,(H,17,19). The number of nitrogens with one attached hydrogen (secondary N) is 1. The van der Waals surface area contributed by atoms with E-state index in [0.29, 0.717) is 17.3 Å². The summed E-state index contributed by atoms with van der Waals surface area (Å²) in [7, 11) is -3.81. The topological polar surface area (TPSA) is 90.0 Å². The van der Waals surface area contributed by atoms with Gasteiger partial charge in [0.05, 0.1) is 6.54 Å². The van der Waals surface area contributed by atoms with Gasteiger partial charge in [0.1, 0.15) is 5.69 Å². The van der Waals surface area contributed by atoms with Gasteiger partial charge in [0, 0.05) is 17.3 Å². The zero-order valence-electron chi connectivity index (χ0n) is 13.0. The van der Waals surface area contributed by atoms with Crippen LogP contribution in [0.25, 0.3) is 0 Å². The number of sulfonamides is 1. The number of aryl methyl sites for hydroxylation is 2. The molecule has 1 N–H and O–H groups in total. The Bertz CT molecular complexity index is 959. The van der Waals surface area contributed by atoms with Crippen LogP contribution in [-0.4, -0.2) is 23.4 Å². The molecule has 0 bridgehead atoms. The molecule has 0 saturated carbocycles. The van der Waals surface area contributed by atoms with Crippen molar-refractivity contribution in [3.63, 3.8) is 0 Å². The monoisotopic (exact) mass is 366 g/mol. The third-order valence-corrected chi connectivity index (χ3v) is 5.37. The summed E-state index contributed by atoms with van der Waals surface area (Å²) in [6.07, 6.45) is 1.68. The van der Waals surface area contributed by atoms with Crippen LogP contribution in [0.1, 0.15) is 17.0 Å². The highest BCUT2D eigenvalue weighted by Gasteiger charge is 2.24. The number of anilines is 1. The Morgan fingerprint density at radius 3 is 2.67 bits per heavy atom. The first kappa shape index (κ1) is 16.5. The van der Waals surface area contributed by atoms with Crippen LogP contribution in [0, 0.1) is 13.8 Å². The van der Waals surface area contributed by atoms with E-state index in [1.54, 1.807) is 36.9 Å². The lowest BCUT2D eigenvalue weighted by molar-refractivity contribution is 0.390. The van der Waals surface area contributed by atoms with Gasteiger partial charge in [0.25, 0.3) is 10.0 Å². The van der Waals surface area contributed by atoms with Crippen LogP contribution >= 0.6 is 11.6 Å². The normalized spacial score (nSPS) is 11.6. The predicted octanol–water partition coefficient (Wildman–Crippen LogP) is 2.99. The van der Waals surface area contributed by atoms with E-state index in [9.17, 15) is 8.42 Å². The highest BCUT2D eigenvalue weighted by molar-refractivity contribution is 7.92. The first-order valence-electron chi connectivity index (χ1n) is 7.09. The molecule has 0 amide bonds. The summed E-state index contributed by atoms with van der Waals surface area (Å²) in [6.45, 7) is 3.55. The van der Waals surface area contributed by atoms with Gasteiger partial charge in [-0.15, -0.1) is 0 Å². The molecule has 0 saturated heterocycles. The molecule has 0 fully saturated rings. The van der Waals surface area contributed by atoms with E-state index >= 15 is 0 Å². The van der Waals surface area contributed by atoms with Gasteiger partial charge in [-0.2, -0.15) is 5.10 Å². The van der Waals surface area contributed by atoms with Crippen LogP contribution in [-0.2, 0) is 16.6 Å². The first-order chi connectivity index (χ1) is 11.4. The number of halogens is 1. The van der Waals surface area contributed by atoms with Crippen LogP contribution < -0.4 is 4.72 Å². The molecule has 7 nitrogen and oxygen atoms in total. The van der Waals surface area contributed by atoms with Crippen molar-refractivity contribution < 1.29 is 12.9 Å². The average Bonchev–Trinajstić information content (AvgIpc) is 3.08. The number of aromatic nitrogens is 3. The van der Waals surface area contributed by atoms with Crippen LogP contribution in [0.5, 0.6) is 0 Å². The summed E-state index contributed by atoms with van der Waals surface area (Å²) < 4.78 is 33.8. The summed E-state index contributed by atoms with van der Waals surface area (Å²) in [5.74, 6) is 0.442. The lowest BCUT2D eigenvalue weighted by Gasteiger charge is -2.05. The zero-order valence-corrected chi connectivity index (χ0v) is 14.6. The van der Waals surface area contributed by atoms with Crippen molar-refractivity contribution in [2.75, 3.05) is 4.72 Å². The molecule has 0 atom stereocenters. The van der Waals surface area contributed by atoms with E-state index in [1.165, 1.54) is 0 Å². The van der Waals surface area contributed by atoms with E-state index < -0.39 is 10.0 Å². The maximum Gasteiger partial charge on any atom is 0.268 e. The maximum absolute atomic E-state index is 12.4. The van der Waals surface area contributed by atoms with E-state index in [4.69, 9.17) is 16.1 Å². The minimum absolute atomic E-state index is 0.0307. The number of rotatable bonds is 5. The van der Waals surface area contributed by atoms with Gasteiger partial charge in [0.2, 0.25) is 0 Å². The molecule has 3 aromatic rings. The Kier molecular flexibility index (Phi) is 4.33. The van der Waals surface area contributed by atoms with E-state index in [2.05, 4.69) is 15.0 Å². The van der Waals surface area contributed by atoms with E-state index in [1.807, 2.05) is 18.2 Å². The van der Waals surface area contributed by atoms with Crippen LogP contribution in [0.3, 0.4) is 0 Å². The largest absolute Gasteiger partial charge is 0.360 e. The molecule has 0 unspecified atom stereocenters. The Morgan fingerprint density at radius 1 is 1.25 bits per heavy atom. The highest BCUT2D eigenvalue weighted by atomic mass is 35.5. The van der Waals surface area contributed by atoms with Crippen molar-refractivity contribution in [3.05, 3.63) is 58.6 Å². The molecule has 126 valence electrons. The van der Waals surface area contributed by atoms with Gasteiger partial charge in [-0.1, -0.05) is 35.0 Å². The molecule has 9 heteroatoms. The molecule has 0 aliphatic carbocycles. The molecule has 0 spiro atoms. The van der Waals surface area contributed by atoms with Crippen LogP contribution in [0.2, 0.25) is 5.02 Å². The van der Waals surface area contributed by atoms with Crippen molar-refractivity contribution in [1.29, 1.82) is 0 Å². The second kappa shape index (κ2) is 6.29. The van der Waals surface area contributed by atoms with Crippen molar-refractivity contribution in [3.8, 4) is 0 Å². The van der Waals surface area contributed by atoms with Crippen molar-refractivity contribution in [1.82, 2.24) is 14.9 Å². The zero-order chi connectivity index (χ0) is 17.3. The second-order valence-corrected chi connectivity index (χ2v) is 7.28. The first-order valence-corrected chi connectivity index (χ1v) is 8.95. The Labute approximate surface area is 144 Å². The lowest BCUT2D eigenvalue weighted by Crippen LogP contribution is -2.15.